The van der Waals surface area contributed by atoms with Gasteiger partial charge in [-0.05, 0) is 61.2 Å². The first-order chi connectivity index (χ1) is 14.3. The van der Waals surface area contributed by atoms with Gasteiger partial charge in [-0.15, -0.1) is 23.5 Å². The molecule has 3 aromatic rings. The van der Waals surface area contributed by atoms with Gasteiger partial charge in [0.05, 0.1) is 4.58 Å². The van der Waals surface area contributed by atoms with E-state index in [-0.39, 0.29) is 5.91 Å². The van der Waals surface area contributed by atoms with E-state index in [0.29, 0.717) is 10.1 Å². The number of carbonyl (C=O) groups excluding carboxylic acids is 1. The molecule has 5 rings (SSSR count). The lowest BCUT2D eigenvalue weighted by atomic mass is 10.1. The highest BCUT2D eigenvalue weighted by atomic mass is 32.2. The molecule has 0 atom stereocenters. The fraction of sp³-hybridized carbons (Fsp3) is 0.304. The summed E-state index contributed by atoms with van der Waals surface area (Å²) in [5.41, 5.74) is 5.19. The number of aromatic nitrogens is 2. The van der Waals surface area contributed by atoms with Crippen LogP contribution in [0.4, 0.5) is 5.69 Å². The average Bonchev–Trinajstić information content (AvgIpc) is 3.45. The Labute approximate surface area is 179 Å². The van der Waals surface area contributed by atoms with Crippen molar-refractivity contribution in [2.45, 2.75) is 30.4 Å². The van der Waals surface area contributed by atoms with Crippen LogP contribution in [0.3, 0.4) is 0 Å². The van der Waals surface area contributed by atoms with Gasteiger partial charge in [0.25, 0.3) is 5.91 Å². The molecule has 0 unspecified atom stereocenters. The second kappa shape index (κ2) is 8.28. The maximum atomic E-state index is 12.6. The van der Waals surface area contributed by atoms with Gasteiger partial charge in [0.15, 0.2) is 0 Å². The van der Waals surface area contributed by atoms with Gasteiger partial charge in [-0.2, -0.15) is 0 Å². The summed E-state index contributed by atoms with van der Waals surface area (Å²) >= 11 is 3.95. The predicted molar refractivity (Wildman–Crippen MR) is 123 cm³/mol. The van der Waals surface area contributed by atoms with E-state index in [1.54, 1.807) is 0 Å². The van der Waals surface area contributed by atoms with Crippen molar-refractivity contribution >= 4 is 35.1 Å². The number of amides is 1. The molecule has 1 amide bonds. The van der Waals surface area contributed by atoms with Crippen LogP contribution in [-0.4, -0.2) is 27.0 Å². The third kappa shape index (κ3) is 3.96. The topological polar surface area (TPSA) is 46.9 Å². The van der Waals surface area contributed by atoms with Crippen molar-refractivity contribution < 1.29 is 4.79 Å². The van der Waals surface area contributed by atoms with Gasteiger partial charge in [-0.25, -0.2) is 4.98 Å². The highest BCUT2D eigenvalue weighted by Gasteiger charge is 2.19. The number of thioether (sulfide) groups is 2. The fourth-order valence-corrected chi connectivity index (χ4v) is 6.77. The molecular formula is C23H23N3OS2. The van der Waals surface area contributed by atoms with Crippen LogP contribution in [0.5, 0.6) is 0 Å². The van der Waals surface area contributed by atoms with E-state index < -0.39 is 0 Å². The molecule has 0 spiro atoms. The number of fused-ring (bicyclic) bond motifs is 1. The number of nitrogens with one attached hydrogen (secondary N) is 1. The van der Waals surface area contributed by atoms with E-state index in [0.717, 1.165) is 30.0 Å². The molecule has 0 saturated carbocycles. The maximum absolute atomic E-state index is 12.6. The van der Waals surface area contributed by atoms with E-state index in [2.05, 4.69) is 27.0 Å². The van der Waals surface area contributed by atoms with Gasteiger partial charge in [0.2, 0.25) is 0 Å². The monoisotopic (exact) mass is 421 g/mol. The molecule has 0 bridgehead atoms. The summed E-state index contributed by atoms with van der Waals surface area (Å²) < 4.78 is 2.83. The number of anilines is 1. The molecular weight excluding hydrogens is 398 g/mol. The number of imidazole rings is 1. The van der Waals surface area contributed by atoms with Gasteiger partial charge in [-0.1, -0.05) is 12.1 Å². The Hall–Kier alpha value is -2.18. The van der Waals surface area contributed by atoms with Gasteiger partial charge in [0, 0.05) is 46.8 Å². The smallest absolute Gasteiger partial charge is 0.255 e. The summed E-state index contributed by atoms with van der Waals surface area (Å²) in [6.07, 6.45) is 5.56. The Morgan fingerprint density at radius 3 is 2.52 bits per heavy atom. The van der Waals surface area contributed by atoms with E-state index in [9.17, 15) is 4.79 Å². The zero-order valence-electron chi connectivity index (χ0n) is 16.1. The van der Waals surface area contributed by atoms with Gasteiger partial charge in [0.1, 0.15) is 5.82 Å². The minimum absolute atomic E-state index is 0.0748. The standard InChI is InChI=1S/C23H23N3OS2/c27-22(17-4-6-18(7-5-17)23-28-13-14-29-23)25-19-10-8-16(9-11-19)21-24-15-20-3-1-2-12-26(20)21/h4-11,15,23H,1-3,12-14H2,(H,25,27). The Kier molecular flexibility index (Phi) is 5.38. The van der Waals surface area contributed by atoms with Crippen molar-refractivity contribution in [3.05, 3.63) is 71.5 Å². The first-order valence-electron chi connectivity index (χ1n) is 10.1. The summed E-state index contributed by atoms with van der Waals surface area (Å²) in [6.45, 7) is 1.04. The first kappa shape index (κ1) is 18.8. The van der Waals surface area contributed by atoms with E-state index in [4.69, 9.17) is 0 Å². The number of hydrogen-bond donors (Lipinski definition) is 1. The van der Waals surface area contributed by atoms with Gasteiger partial charge in [-0.3, -0.25) is 4.79 Å². The van der Waals surface area contributed by atoms with E-state index >= 15 is 0 Å². The van der Waals surface area contributed by atoms with Crippen molar-refractivity contribution in [1.29, 1.82) is 0 Å². The largest absolute Gasteiger partial charge is 0.328 e. The number of benzene rings is 2. The second-order valence-electron chi connectivity index (χ2n) is 7.41. The minimum atomic E-state index is -0.0748. The average molecular weight is 422 g/mol. The second-order valence-corrected chi connectivity index (χ2v) is 10.1. The Morgan fingerprint density at radius 2 is 1.76 bits per heavy atom. The molecule has 148 valence electrons. The van der Waals surface area contributed by atoms with Crippen molar-refractivity contribution in [3.8, 4) is 11.4 Å². The summed E-state index contributed by atoms with van der Waals surface area (Å²) in [6, 6.07) is 16.0. The van der Waals surface area contributed by atoms with E-state index in [1.165, 1.54) is 35.6 Å². The van der Waals surface area contributed by atoms with Crippen LogP contribution < -0.4 is 5.32 Å². The molecule has 29 heavy (non-hydrogen) atoms. The van der Waals surface area contributed by atoms with Crippen LogP contribution in [0.25, 0.3) is 11.4 Å². The molecule has 1 aromatic heterocycles. The van der Waals surface area contributed by atoms with Crippen LogP contribution >= 0.6 is 23.5 Å². The van der Waals surface area contributed by atoms with Crippen molar-refractivity contribution in [2.75, 3.05) is 16.8 Å². The van der Waals surface area contributed by atoms with Crippen LogP contribution in [0.2, 0.25) is 0 Å². The summed E-state index contributed by atoms with van der Waals surface area (Å²) in [5.74, 6) is 3.36. The lowest BCUT2D eigenvalue weighted by Crippen LogP contribution is -2.12. The molecule has 2 aromatic carbocycles. The number of rotatable bonds is 4. The Balaban J connectivity index is 1.27. The zero-order chi connectivity index (χ0) is 19.6. The highest BCUT2D eigenvalue weighted by Crippen LogP contribution is 2.45. The van der Waals surface area contributed by atoms with Gasteiger partial charge < -0.3 is 9.88 Å². The Bertz CT molecular complexity index is 1010. The molecule has 3 heterocycles. The van der Waals surface area contributed by atoms with E-state index in [1.807, 2.05) is 66.1 Å². The predicted octanol–water partition coefficient (Wildman–Crippen LogP) is 5.62. The van der Waals surface area contributed by atoms with Crippen LogP contribution in [0, 0.1) is 0 Å². The molecule has 6 heteroatoms. The molecule has 1 saturated heterocycles. The van der Waals surface area contributed by atoms with Crippen LogP contribution in [0.15, 0.2) is 54.7 Å². The minimum Gasteiger partial charge on any atom is -0.328 e. The van der Waals surface area contributed by atoms with Crippen LogP contribution in [0.1, 0.15) is 39.0 Å². The van der Waals surface area contributed by atoms with Crippen LogP contribution in [-0.2, 0) is 13.0 Å². The third-order valence-corrected chi connectivity index (χ3v) is 8.58. The normalized spacial score (nSPS) is 16.6. The lowest BCUT2D eigenvalue weighted by Gasteiger charge is -2.16. The molecule has 0 aliphatic carbocycles. The number of aryl methyl sites for hydroxylation is 1. The molecule has 1 N–H and O–H groups in total. The van der Waals surface area contributed by atoms with Gasteiger partial charge >= 0.3 is 0 Å². The molecule has 1 fully saturated rings. The van der Waals surface area contributed by atoms with Crippen molar-refractivity contribution in [3.63, 3.8) is 0 Å². The summed E-state index contributed by atoms with van der Waals surface area (Å²) in [7, 11) is 0. The molecule has 4 nitrogen and oxygen atoms in total. The summed E-state index contributed by atoms with van der Waals surface area (Å²) in [5, 5.41) is 3.01. The van der Waals surface area contributed by atoms with Crippen molar-refractivity contribution in [2.24, 2.45) is 0 Å². The number of hydrogen-bond acceptors (Lipinski definition) is 4. The number of nitrogens with zero attached hydrogens (tertiary/aromatic N) is 2. The quantitative estimate of drug-likeness (QED) is 0.594. The molecule has 2 aliphatic rings. The fourth-order valence-electron chi connectivity index (χ4n) is 3.91. The zero-order valence-corrected chi connectivity index (χ0v) is 17.8. The lowest BCUT2D eigenvalue weighted by molar-refractivity contribution is 0.102. The molecule has 2 aliphatic heterocycles. The third-order valence-electron chi connectivity index (χ3n) is 5.47. The highest BCUT2D eigenvalue weighted by molar-refractivity contribution is 8.19. The van der Waals surface area contributed by atoms with Crippen molar-refractivity contribution in [1.82, 2.24) is 9.55 Å². The summed E-state index contributed by atoms with van der Waals surface area (Å²) in [4.78, 5) is 17.2. The number of carbonyl (C=O) groups is 1. The SMILES string of the molecule is O=C(Nc1ccc(-c2ncc3n2CCCC3)cc1)c1ccc(C2SCCS2)cc1. The molecule has 0 radical (unpaired) electrons. The first-order valence-corrected chi connectivity index (χ1v) is 12.2. The maximum Gasteiger partial charge on any atom is 0.255 e. The Morgan fingerprint density at radius 1 is 1.00 bits per heavy atom.